The predicted molar refractivity (Wildman–Crippen MR) is 125 cm³/mol. The first-order valence-corrected chi connectivity index (χ1v) is 12.4. The lowest BCUT2D eigenvalue weighted by Crippen LogP contribution is -2.30. The summed E-state index contributed by atoms with van der Waals surface area (Å²) in [6, 6.07) is 2.37. The molecule has 1 N–H and O–H groups in total. The summed E-state index contributed by atoms with van der Waals surface area (Å²) in [5, 5.41) is 3.37. The number of hydrogen-bond donors (Lipinski definition) is 1. The molecule has 0 saturated carbocycles. The van der Waals surface area contributed by atoms with Crippen molar-refractivity contribution in [3.05, 3.63) is 45.5 Å². The number of nitrogens with one attached hydrogen (secondary N) is 1. The lowest BCUT2D eigenvalue weighted by molar-refractivity contribution is -0.130. The van der Waals surface area contributed by atoms with Crippen LogP contribution in [0.25, 0.3) is 5.65 Å². The van der Waals surface area contributed by atoms with Crippen LogP contribution in [0.3, 0.4) is 0 Å². The number of carbonyl (C=O) groups is 1. The minimum absolute atomic E-state index is 0.0602. The first-order chi connectivity index (χ1) is 15.6. The summed E-state index contributed by atoms with van der Waals surface area (Å²) in [4.78, 5) is 34.9. The number of aromatic nitrogens is 3. The Labute approximate surface area is 189 Å². The zero-order valence-electron chi connectivity index (χ0n) is 19.2. The lowest BCUT2D eigenvalue weighted by Gasteiger charge is -2.29. The van der Waals surface area contributed by atoms with Crippen molar-refractivity contribution >= 4 is 11.6 Å². The molecule has 0 bridgehead atoms. The average Bonchev–Trinajstić information content (AvgIpc) is 3.55. The summed E-state index contributed by atoms with van der Waals surface area (Å²) in [6.07, 6.45) is 13.6. The Morgan fingerprint density at radius 1 is 1.16 bits per heavy atom. The van der Waals surface area contributed by atoms with Crippen LogP contribution >= 0.6 is 0 Å². The van der Waals surface area contributed by atoms with Crippen molar-refractivity contribution in [1.29, 1.82) is 0 Å². The fourth-order valence-electron chi connectivity index (χ4n) is 5.75. The van der Waals surface area contributed by atoms with E-state index in [-0.39, 0.29) is 11.5 Å². The van der Waals surface area contributed by atoms with Gasteiger partial charge in [0.1, 0.15) is 0 Å². The monoisotopic (exact) mass is 437 g/mol. The zero-order chi connectivity index (χ0) is 22.1. The molecule has 7 nitrogen and oxygen atoms in total. The third-order valence-corrected chi connectivity index (χ3v) is 7.58. The Hall–Kier alpha value is -2.41. The third-order valence-electron chi connectivity index (χ3n) is 7.58. The van der Waals surface area contributed by atoms with Gasteiger partial charge in [0.05, 0.1) is 11.7 Å². The van der Waals surface area contributed by atoms with Crippen LogP contribution in [-0.2, 0) is 11.2 Å². The summed E-state index contributed by atoms with van der Waals surface area (Å²) < 4.78 is 1.60. The molecule has 2 aromatic heterocycles. The van der Waals surface area contributed by atoms with Crippen molar-refractivity contribution in [3.8, 4) is 0 Å². The molecule has 1 aliphatic carbocycles. The van der Waals surface area contributed by atoms with Gasteiger partial charge in [-0.15, -0.1) is 0 Å². The van der Waals surface area contributed by atoms with E-state index in [1.807, 2.05) is 11.8 Å². The van der Waals surface area contributed by atoms with E-state index in [1.54, 1.807) is 4.52 Å². The molecule has 2 unspecified atom stereocenters. The maximum atomic E-state index is 13.3. The Morgan fingerprint density at radius 2 is 2.00 bits per heavy atom. The minimum Gasteiger partial charge on any atom is -0.343 e. The van der Waals surface area contributed by atoms with Crippen molar-refractivity contribution in [1.82, 2.24) is 24.4 Å². The van der Waals surface area contributed by atoms with Crippen molar-refractivity contribution < 1.29 is 4.79 Å². The third kappa shape index (κ3) is 4.27. The zero-order valence-corrected chi connectivity index (χ0v) is 19.2. The van der Waals surface area contributed by atoms with Crippen LogP contribution < -0.4 is 5.56 Å². The normalized spacial score (nSPS) is 24.1. The SMILES string of the molecule is Cc1nc2cc(C3CCCN3CC3CC=CCC3)[nH]n2c(=O)c1CCC(=O)N1CCCC1. The van der Waals surface area contributed by atoms with Gasteiger partial charge in [-0.2, -0.15) is 0 Å². The molecule has 0 spiro atoms. The summed E-state index contributed by atoms with van der Waals surface area (Å²) in [5.41, 5.74) is 3.11. The molecular weight excluding hydrogens is 402 g/mol. The second kappa shape index (κ2) is 9.22. The highest BCUT2D eigenvalue weighted by Gasteiger charge is 2.30. The molecular formula is C25H35N5O2. The van der Waals surface area contributed by atoms with Gasteiger partial charge in [0, 0.05) is 43.4 Å². The quantitative estimate of drug-likeness (QED) is 0.703. The van der Waals surface area contributed by atoms with Gasteiger partial charge in [0.25, 0.3) is 5.56 Å². The smallest absolute Gasteiger partial charge is 0.276 e. The van der Waals surface area contributed by atoms with Gasteiger partial charge < -0.3 is 4.90 Å². The molecule has 4 heterocycles. The number of rotatable bonds is 6. The number of fused-ring (bicyclic) bond motifs is 1. The van der Waals surface area contributed by atoms with E-state index in [9.17, 15) is 9.59 Å². The van der Waals surface area contributed by atoms with Gasteiger partial charge in [0.2, 0.25) is 5.91 Å². The molecule has 2 aromatic rings. The Kier molecular flexibility index (Phi) is 6.17. The maximum Gasteiger partial charge on any atom is 0.276 e. The van der Waals surface area contributed by atoms with Gasteiger partial charge in [-0.25, -0.2) is 9.50 Å². The largest absolute Gasteiger partial charge is 0.343 e. The Morgan fingerprint density at radius 3 is 2.78 bits per heavy atom. The second-order valence-corrected chi connectivity index (χ2v) is 9.78. The molecule has 32 heavy (non-hydrogen) atoms. The molecule has 172 valence electrons. The van der Waals surface area contributed by atoms with Crippen LogP contribution in [0.1, 0.15) is 74.4 Å². The maximum absolute atomic E-state index is 13.3. The van der Waals surface area contributed by atoms with Crippen molar-refractivity contribution in [2.45, 2.75) is 70.8 Å². The topological polar surface area (TPSA) is 73.7 Å². The van der Waals surface area contributed by atoms with E-state index >= 15 is 0 Å². The number of aryl methyl sites for hydroxylation is 1. The second-order valence-electron chi connectivity index (χ2n) is 9.78. The highest BCUT2D eigenvalue weighted by Crippen LogP contribution is 2.33. The summed E-state index contributed by atoms with van der Waals surface area (Å²) in [7, 11) is 0. The molecule has 2 aliphatic heterocycles. The summed E-state index contributed by atoms with van der Waals surface area (Å²) >= 11 is 0. The molecule has 2 saturated heterocycles. The van der Waals surface area contributed by atoms with Crippen LogP contribution in [0.5, 0.6) is 0 Å². The van der Waals surface area contributed by atoms with Gasteiger partial charge in [-0.3, -0.25) is 19.6 Å². The van der Waals surface area contributed by atoms with Crippen molar-refractivity contribution in [3.63, 3.8) is 0 Å². The average molecular weight is 438 g/mol. The van der Waals surface area contributed by atoms with Gasteiger partial charge >= 0.3 is 0 Å². The van der Waals surface area contributed by atoms with E-state index in [0.717, 1.165) is 62.7 Å². The van der Waals surface area contributed by atoms with E-state index in [2.05, 4.69) is 28.2 Å². The van der Waals surface area contributed by atoms with Gasteiger partial charge in [-0.1, -0.05) is 12.2 Å². The molecule has 0 radical (unpaired) electrons. The number of nitrogens with zero attached hydrogens (tertiary/aromatic N) is 4. The predicted octanol–water partition coefficient (Wildman–Crippen LogP) is 3.38. The first-order valence-electron chi connectivity index (χ1n) is 12.4. The number of H-pyrrole nitrogens is 1. The Balaban J connectivity index is 1.34. The molecule has 5 rings (SSSR count). The first kappa shape index (κ1) is 21.4. The number of amides is 1. The highest BCUT2D eigenvalue weighted by molar-refractivity contribution is 5.76. The standard InChI is InChI=1S/C25H35N5O2/c1-18-20(11-12-24(31)28-13-5-6-14-28)25(32)30-23(26-18)16-21(27-30)22-10-7-15-29(22)17-19-8-3-2-4-9-19/h2-3,16,19,22,27H,4-15,17H2,1H3. The van der Waals surface area contributed by atoms with Crippen LogP contribution in [-0.4, -0.2) is 56.5 Å². The van der Waals surface area contributed by atoms with Crippen molar-refractivity contribution in [2.75, 3.05) is 26.2 Å². The number of likely N-dealkylation sites (tertiary alicyclic amines) is 2. The molecule has 1 amide bonds. The molecule has 2 atom stereocenters. The van der Waals surface area contributed by atoms with E-state index in [0.29, 0.717) is 30.1 Å². The van der Waals surface area contributed by atoms with Gasteiger partial charge in [0.15, 0.2) is 5.65 Å². The lowest BCUT2D eigenvalue weighted by atomic mass is 9.93. The summed E-state index contributed by atoms with van der Waals surface area (Å²) in [5.74, 6) is 0.880. The number of allylic oxidation sites excluding steroid dienone is 2. The van der Waals surface area contributed by atoms with Crippen LogP contribution in [0.2, 0.25) is 0 Å². The van der Waals surface area contributed by atoms with Crippen LogP contribution in [0.15, 0.2) is 23.0 Å². The fourth-order valence-corrected chi connectivity index (χ4v) is 5.75. The van der Waals surface area contributed by atoms with Crippen LogP contribution in [0.4, 0.5) is 0 Å². The van der Waals surface area contributed by atoms with E-state index in [4.69, 9.17) is 4.98 Å². The van der Waals surface area contributed by atoms with Crippen LogP contribution in [0, 0.1) is 12.8 Å². The fraction of sp³-hybridized carbons (Fsp3) is 0.640. The summed E-state index contributed by atoms with van der Waals surface area (Å²) in [6.45, 7) is 5.83. The minimum atomic E-state index is -0.0602. The number of carbonyl (C=O) groups excluding carboxylic acids is 1. The molecule has 0 aromatic carbocycles. The van der Waals surface area contributed by atoms with Crippen molar-refractivity contribution in [2.24, 2.45) is 5.92 Å². The molecule has 2 fully saturated rings. The molecule has 7 heteroatoms. The highest BCUT2D eigenvalue weighted by atomic mass is 16.2. The number of hydrogen-bond acceptors (Lipinski definition) is 4. The molecule has 3 aliphatic rings. The van der Waals surface area contributed by atoms with E-state index < -0.39 is 0 Å². The number of aromatic amines is 1. The van der Waals surface area contributed by atoms with E-state index in [1.165, 1.54) is 25.7 Å². The Bertz CT molecular complexity index is 1060. The van der Waals surface area contributed by atoms with Gasteiger partial charge in [-0.05, 0) is 70.8 Å².